The summed E-state index contributed by atoms with van der Waals surface area (Å²) in [5.74, 6) is 0. The van der Waals surface area contributed by atoms with E-state index in [4.69, 9.17) is 10.6 Å². The molecule has 1 N–H and O–H groups in total. The number of nitrogens with zero attached hydrogens (tertiary/aromatic N) is 3. The molecule has 10 heavy (non-hydrogen) atoms. The van der Waals surface area contributed by atoms with Gasteiger partial charge in [0, 0.05) is 11.5 Å². The van der Waals surface area contributed by atoms with Gasteiger partial charge in [-0.3, -0.25) is 0 Å². The Kier molecular flexibility index (Phi) is 5.92. The van der Waals surface area contributed by atoms with Crippen molar-refractivity contribution in [1.82, 2.24) is 0 Å². The van der Waals surface area contributed by atoms with Crippen LogP contribution in [0.1, 0.15) is 26.2 Å². The van der Waals surface area contributed by atoms with Crippen LogP contribution in [-0.4, -0.2) is 17.8 Å². The quantitative estimate of drug-likeness (QED) is 0.271. The molecule has 0 rings (SSSR count). The molecule has 0 bridgehead atoms. The Morgan fingerprint density at radius 2 is 2.30 bits per heavy atom. The zero-order chi connectivity index (χ0) is 7.82. The lowest BCUT2D eigenvalue weighted by Crippen LogP contribution is -1.98. The maximum Gasteiger partial charge on any atom is 0.0512 e. The van der Waals surface area contributed by atoms with Gasteiger partial charge in [0.15, 0.2) is 0 Å². The molecule has 4 nitrogen and oxygen atoms in total. The highest BCUT2D eigenvalue weighted by Gasteiger charge is 1.93. The van der Waals surface area contributed by atoms with Crippen LogP contribution in [0.3, 0.4) is 0 Å². The van der Waals surface area contributed by atoms with Gasteiger partial charge in [-0.1, -0.05) is 11.5 Å². The van der Waals surface area contributed by atoms with E-state index >= 15 is 0 Å². The summed E-state index contributed by atoms with van der Waals surface area (Å²) in [5, 5.41) is 12.2. The van der Waals surface area contributed by atoms with Gasteiger partial charge in [0.25, 0.3) is 0 Å². The molecule has 0 heterocycles. The van der Waals surface area contributed by atoms with Crippen molar-refractivity contribution in [3.8, 4) is 0 Å². The minimum atomic E-state index is -0.230. The Morgan fingerprint density at radius 1 is 1.60 bits per heavy atom. The lowest BCUT2D eigenvalue weighted by Gasteiger charge is -2.00. The number of unbranched alkanes of at least 4 members (excludes halogenated alkanes) is 1. The topological polar surface area (TPSA) is 69.0 Å². The highest BCUT2D eigenvalue weighted by atomic mass is 16.3. The predicted octanol–water partition coefficient (Wildman–Crippen LogP) is 1.85. The monoisotopic (exact) mass is 143 g/mol. The summed E-state index contributed by atoms with van der Waals surface area (Å²) in [6.45, 7) is 2.30. The van der Waals surface area contributed by atoms with Crippen LogP contribution in [0.25, 0.3) is 10.4 Å². The maximum atomic E-state index is 8.81. The van der Waals surface area contributed by atoms with E-state index in [1.54, 1.807) is 6.92 Å². The normalized spacial score (nSPS) is 12.2. The molecule has 0 amide bonds. The zero-order valence-electron chi connectivity index (χ0n) is 6.19. The molecule has 4 heteroatoms. The van der Waals surface area contributed by atoms with Crippen molar-refractivity contribution < 1.29 is 5.11 Å². The van der Waals surface area contributed by atoms with Crippen LogP contribution in [-0.2, 0) is 0 Å². The van der Waals surface area contributed by atoms with Gasteiger partial charge < -0.3 is 5.11 Å². The van der Waals surface area contributed by atoms with E-state index in [9.17, 15) is 0 Å². The van der Waals surface area contributed by atoms with Gasteiger partial charge in [-0.25, -0.2) is 0 Å². The van der Waals surface area contributed by atoms with Crippen LogP contribution in [0.2, 0.25) is 0 Å². The summed E-state index contributed by atoms with van der Waals surface area (Å²) in [7, 11) is 0. The number of azide groups is 1. The van der Waals surface area contributed by atoms with Gasteiger partial charge >= 0.3 is 0 Å². The van der Waals surface area contributed by atoms with Crippen LogP contribution >= 0.6 is 0 Å². The number of hydrogen-bond donors (Lipinski definition) is 1. The molecule has 0 aromatic heterocycles. The third kappa shape index (κ3) is 7.27. The highest BCUT2D eigenvalue weighted by Crippen LogP contribution is 1.99. The summed E-state index contributed by atoms with van der Waals surface area (Å²) < 4.78 is 0. The molecule has 0 aliphatic carbocycles. The van der Waals surface area contributed by atoms with Gasteiger partial charge in [0.1, 0.15) is 0 Å². The Balaban J connectivity index is 2.98. The second-order valence-corrected chi connectivity index (χ2v) is 2.30. The summed E-state index contributed by atoms with van der Waals surface area (Å²) in [6.07, 6.45) is 2.36. The fourth-order valence-corrected chi connectivity index (χ4v) is 0.667. The molecule has 1 atom stereocenters. The number of hydrogen-bond acceptors (Lipinski definition) is 2. The third-order valence-corrected chi connectivity index (χ3v) is 1.19. The van der Waals surface area contributed by atoms with Gasteiger partial charge in [-0.15, -0.1) is 0 Å². The van der Waals surface area contributed by atoms with E-state index in [0.29, 0.717) is 6.54 Å². The molecular weight excluding hydrogens is 130 g/mol. The summed E-state index contributed by atoms with van der Waals surface area (Å²) in [6, 6.07) is 0. The van der Waals surface area contributed by atoms with Crippen LogP contribution in [0, 0.1) is 0 Å². The second-order valence-electron chi connectivity index (χ2n) is 2.30. The molecule has 0 aliphatic heterocycles. The molecule has 0 saturated carbocycles. The van der Waals surface area contributed by atoms with Crippen LogP contribution in [0.15, 0.2) is 5.11 Å². The minimum absolute atomic E-state index is 0.230. The largest absolute Gasteiger partial charge is 0.393 e. The molecule has 0 fully saturated rings. The van der Waals surface area contributed by atoms with E-state index < -0.39 is 0 Å². The number of rotatable bonds is 5. The average Bonchev–Trinajstić information content (AvgIpc) is 1.87. The lowest BCUT2D eigenvalue weighted by atomic mass is 10.2. The van der Waals surface area contributed by atoms with E-state index in [2.05, 4.69) is 10.0 Å². The first-order valence-corrected chi connectivity index (χ1v) is 3.46. The zero-order valence-corrected chi connectivity index (χ0v) is 6.19. The highest BCUT2D eigenvalue weighted by molar-refractivity contribution is 4.51. The van der Waals surface area contributed by atoms with Crippen LogP contribution in [0.4, 0.5) is 0 Å². The molecule has 0 aromatic rings. The van der Waals surface area contributed by atoms with Crippen molar-refractivity contribution in [2.75, 3.05) is 6.54 Å². The van der Waals surface area contributed by atoms with E-state index in [1.165, 1.54) is 0 Å². The Hall–Kier alpha value is -0.730. The number of aliphatic hydroxyl groups is 1. The van der Waals surface area contributed by atoms with E-state index in [1.807, 2.05) is 0 Å². The average molecular weight is 143 g/mol. The minimum Gasteiger partial charge on any atom is -0.393 e. The summed E-state index contributed by atoms with van der Waals surface area (Å²) >= 11 is 0. The smallest absolute Gasteiger partial charge is 0.0512 e. The predicted molar refractivity (Wildman–Crippen MR) is 39.5 cm³/mol. The van der Waals surface area contributed by atoms with Crippen molar-refractivity contribution in [2.24, 2.45) is 5.11 Å². The summed E-state index contributed by atoms with van der Waals surface area (Å²) in [5.41, 5.74) is 7.88. The van der Waals surface area contributed by atoms with Crippen molar-refractivity contribution in [3.63, 3.8) is 0 Å². The van der Waals surface area contributed by atoms with Gasteiger partial charge in [0.2, 0.25) is 0 Å². The van der Waals surface area contributed by atoms with Gasteiger partial charge in [-0.05, 0) is 25.3 Å². The molecule has 0 aromatic carbocycles. The lowest BCUT2D eigenvalue weighted by molar-refractivity contribution is 0.181. The fourth-order valence-electron chi connectivity index (χ4n) is 0.667. The van der Waals surface area contributed by atoms with Crippen LogP contribution in [0.5, 0.6) is 0 Å². The van der Waals surface area contributed by atoms with Crippen LogP contribution < -0.4 is 0 Å². The molecule has 1 unspecified atom stereocenters. The Labute approximate surface area is 60.5 Å². The SMILES string of the molecule is CC(O)CCCCN=[N+]=[N-]. The van der Waals surface area contributed by atoms with Crippen molar-refractivity contribution in [2.45, 2.75) is 32.3 Å². The molecule has 58 valence electrons. The molecule has 0 radical (unpaired) electrons. The second kappa shape index (κ2) is 6.39. The first-order chi connectivity index (χ1) is 4.77. The van der Waals surface area contributed by atoms with E-state index in [0.717, 1.165) is 19.3 Å². The molecule has 0 saturated heterocycles. The molecule has 0 spiro atoms. The Bertz CT molecular complexity index is 118. The van der Waals surface area contributed by atoms with Crippen molar-refractivity contribution in [1.29, 1.82) is 0 Å². The van der Waals surface area contributed by atoms with Gasteiger partial charge in [0.05, 0.1) is 6.10 Å². The number of aliphatic hydroxyl groups excluding tert-OH is 1. The first kappa shape index (κ1) is 9.27. The first-order valence-electron chi connectivity index (χ1n) is 3.46. The van der Waals surface area contributed by atoms with Crippen molar-refractivity contribution in [3.05, 3.63) is 10.4 Å². The third-order valence-electron chi connectivity index (χ3n) is 1.19. The molecular formula is C6H13N3O. The van der Waals surface area contributed by atoms with E-state index in [-0.39, 0.29) is 6.10 Å². The van der Waals surface area contributed by atoms with Crippen molar-refractivity contribution >= 4 is 0 Å². The standard InChI is InChI=1S/C6H13N3O/c1-6(10)4-2-3-5-8-9-7/h6,10H,2-5H2,1H3. The Morgan fingerprint density at radius 3 is 2.80 bits per heavy atom. The maximum absolute atomic E-state index is 8.81. The fraction of sp³-hybridized carbons (Fsp3) is 1.00. The molecule has 0 aliphatic rings. The summed E-state index contributed by atoms with van der Waals surface area (Å²) in [4.78, 5) is 2.61. The van der Waals surface area contributed by atoms with Gasteiger partial charge in [-0.2, -0.15) is 0 Å².